The van der Waals surface area contributed by atoms with Crippen molar-refractivity contribution in [2.45, 2.75) is 13.0 Å². The molecule has 0 aliphatic rings. The Kier molecular flexibility index (Phi) is 3.62. The zero-order valence-electron chi connectivity index (χ0n) is 11.3. The molecule has 0 saturated heterocycles. The molecule has 5 heteroatoms. The molecule has 1 amide bonds. The van der Waals surface area contributed by atoms with E-state index in [4.69, 9.17) is 16.0 Å². The molecule has 1 aromatic heterocycles. The first-order valence-corrected chi connectivity index (χ1v) is 6.93. The molecule has 3 aromatic rings. The molecule has 0 aliphatic heterocycles. The highest BCUT2D eigenvalue weighted by molar-refractivity contribution is 6.28. The standard InChI is InChI=1S/C16H13ClN2O2/c1-10(11-5-3-2-4-6-11)18-15(20)12-7-8-14-13(9-12)19-16(17)21-14/h2-10H,1H3,(H,18,20)/t10-/m0/s1. The minimum atomic E-state index is -0.160. The summed E-state index contributed by atoms with van der Waals surface area (Å²) in [5, 5.41) is 3.02. The van der Waals surface area contributed by atoms with Gasteiger partial charge in [-0.1, -0.05) is 30.3 Å². The molecule has 4 nitrogen and oxygen atoms in total. The third kappa shape index (κ3) is 2.90. The van der Waals surface area contributed by atoms with Crippen LogP contribution in [-0.4, -0.2) is 10.9 Å². The molecule has 3 rings (SSSR count). The number of nitrogens with zero attached hydrogens (tertiary/aromatic N) is 1. The third-order valence-corrected chi connectivity index (χ3v) is 3.43. The summed E-state index contributed by atoms with van der Waals surface area (Å²) in [5.41, 5.74) is 2.71. The Morgan fingerprint density at radius 2 is 2.00 bits per heavy atom. The first-order chi connectivity index (χ1) is 10.1. The number of oxazole rings is 1. The van der Waals surface area contributed by atoms with E-state index in [2.05, 4.69) is 10.3 Å². The fourth-order valence-corrected chi connectivity index (χ4v) is 2.32. The van der Waals surface area contributed by atoms with Crippen LogP contribution in [0.4, 0.5) is 0 Å². The number of aromatic nitrogens is 1. The molecule has 2 aromatic carbocycles. The van der Waals surface area contributed by atoms with E-state index in [-0.39, 0.29) is 17.3 Å². The number of hydrogen-bond acceptors (Lipinski definition) is 3. The van der Waals surface area contributed by atoms with Crippen LogP contribution < -0.4 is 5.32 Å². The van der Waals surface area contributed by atoms with Crippen LogP contribution in [0.15, 0.2) is 52.9 Å². The minimum Gasteiger partial charge on any atom is -0.428 e. The fraction of sp³-hybridized carbons (Fsp3) is 0.125. The Hall–Kier alpha value is -2.33. The number of rotatable bonds is 3. The molecule has 1 atom stereocenters. The average Bonchev–Trinajstić information content (AvgIpc) is 2.87. The van der Waals surface area contributed by atoms with Gasteiger partial charge in [-0.2, -0.15) is 4.98 Å². The molecular formula is C16H13ClN2O2. The maximum Gasteiger partial charge on any atom is 0.293 e. The average molecular weight is 301 g/mol. The molecule has 0 fully saturated rings. The van der Waals surface area contributed by atoms with Gasteiger partial charge >= 0.3 is 0 Å². The van der Waals surface area contributed by atoms with E-state index >= 15 is 0 Å². The van der Waals surface area contributed by atoms with Crippen LogP contribution in [0.5, 0.6) is 0 Å². The molecule has 0 bridgehead atoms. The molecular weight excluding hydrogens is 288 g/mol. The zero-order chi connectivity index (χ0) is 14.8. The summed E-state index contributed by atoms with van der Waals surface area (Å²) >= 11 is 5.70. The first-order valence-electron chi connectivity index (χ1n) is 6.55. The summed E-state index contributed by atoms with van der Waals surface area (Å²) in [6, 6.07) is 14.8. The number of amides is 1. The summed E-state index contributed by atoms with van der Waals surface area (Å²) in [4.78, 5) is 16.3. The molecule has 0 unspecified atom stereocenters. The molecule has 1 N–H and O–H groups in total. The van der Waals surface area contributed by atoms with E-state index < -0.39 is 0 Å². The number of hydrogen-bond donors (Lipinski definition) is 1. The molecule has 106 valence electrons. The summed E-state index contributed by atoms with van der Waals surface area (Å²) in [7, 11) is 0. The van der Waals surface area contributed by atoms with Gasteiger partial charge in [-0.05, 0) is 42.3 Å². The lowest BCUT2D eigenvalue weighted by Crippen LogP contribution is -2.26. The normalized spacial score (nSPS) is 12.3. The Morgan fingerprint density at radius 1 is 1.24 bits per heavy atom. The van der Waals surface area contributed by atoms with Crippen LogP contribution >= 0.6 is 11.6 Å². The highest BCUT2D eigenvalue weighted by Crippen LogP contribution is 2.20. The van der Waals surface area contributed by atoms with E-state index in [1.807, 2.05) is 37.3 Å². The molecule has 0 saturated carbocycles. The smallest absolute Gasteiger partial charge is 0.293 e. The number of carbonyl (C=O) groups excluding carboxylic acids is 1. The summed E-state index contributed by atoms with van der Waals surface area (Å²) in [6.45, 7) is 1.94. The Morgan fingerprint density at radius 3 is 2.76 bits per heavy atom. The van der Waals surface area contributed by atoms with Crippen LogP contribution in [0, 0.1) is 0 Å². The van der Waals surface area contributed by atoms with Gasteiger partial charge in [-0.3, -0.25) is 4.79 Å². The number of carbonyl (C=O) groups is 1. The van der Waals surface area contributed by atoms with Crippen LogP contribution in [0.2, 0.25) is 5.35 Å². The monoisotopic (exact) mass is 300 g/mol. The van der Waals surface area contributed by atoms with Crippen LogP contribution in [-0.2, 0) is 0 Å². The lowest BCUT2D eigenvalue weighted by molar-refractivity contribution is 0.0940. The van der Waals surface area contributed by atoms with Gasteiger partial charge in [0.25, 0.3) is 11.3 Å². The maximum absolute atomic E-state index is 12.3. The van der Waals surface area contributed by atoms with Crippen LogP contribution in [0.25, 0.3) is 11.1 Å². The van der Waals surface area contributed by atoms with Crippen molar-refractivity contribution in [2.24, 2.45) is 0 Å². The van der Waals surface area contributed by atoms with Gasteiger partial charge in [-0.15, -0.1) is 0 Å². The van der Waals surface area contributed by atoms with Gasteiger partial charge in [0.05, 0.1) is 6.04 Å². The van der Waals surface area contributed by atoms with Crippen molar-refractivity contribution in [1.82, 2.24) is 10.3 Å². The predicted octanol–water partition coefficient (Wildman–Crippen LogP) is 3.97. The van der Waals surface area contributed by atoms with Gasteiger partial charge in [0, 0.05) is 5.56 Å². The second kappa shape index (κ2) is 5.58. The van der Waals surface area contributed by atoms with Gasteiger partial charge < -0.3 is 9.73 Å². The second-order valence-corrected chi connectivity index (χ2v) is 5.08. The fourth-order valence-electron chi connectivity index (χ4n) is 2.15. The highest BCUT2D eigenvalue weighted by atomic mass is 35.5. The Bertz CT molecular complexity index is 783. The van der Waals surface area contributed by atoms with E-state index in [0.717, 1.165) is 5.56 Å². The lowest BCUT2D eigenvalue weighted by Gasteiger charge is -2.14. The highest BCUT2D eigenvalue weighted by Gasteiger charge is 2.13. The van der Waals surface area contributed by atoms with Gasteiger partial charge in [0.2, 0.25) is 0 Å². The van der Waals surface area contributed by atoms with E-state index in [0.29, 0.717) is 16.7 Å². The third-order valence-electron chi connectivity index (χ3n) is 3.27. The van der Waals surface area contributed by atoms with Gasteiger partial charge in [0.15, 0.2) is 5.58 Å². The Balaban J connectivity index is 1.80. The molecule has 0 spiro atoms. The zero-order valence-corrected chi connectivity index (χ0v) is 12.1. The van der Waals surface area contributed by atoms with E-state index in [1.165, 1.54) is 0 Å². The Labute approximate surface area is 126 Å². The van der Waals surface area contributed by atoms with Crippen molar-refractivity contribution in [2.75, 3.05) is 0 Å². The predicted molar refractivity (Wildman–Crippen MR) is 81.3 cm³/mol. The van der Waals surface area contributed by atoms with Crippen molar-refractivity contribution in [3.8, 4) is 0 Å². The van der Waals surface area contributed by atoms with Crippen molar-refractivity contribution < 1.29 is 9.21 Å². The number of nitrogens with one attached hydrogen (secondary N) is 1. The van der Waals surface area contributed by atoms with Crippen molar-refractivity contribution in [1.29, 1.82) is 0 Å². The topological polar surface area (TPSA) is 55.1 Å². The second-order valence-electron chi connectivity index (χ2n) is 4.76. The summed E-state index contributed by atoms with van der Waals surface area (Å²) in [5.74, 6) is -0.160. The van der Waals surface area contributed by atoms with E-state index in [9.17, 15) is 4.79 Å². The number of halogens is 1. The van der Waals surface area contributed by atoms with Crippen molar-refractivity contribution in [3.05, 3.63) is 65.0 Å². The number of fused-ring (bicyclic) bond motifs is 1. The quantitative estimate of drug-likeness (QED) is 0.796. The first kappa shape index (κ1) is 13.6. The number of benzene rings is 2. The van der Waals surface area contributed by atoms with Crippen molar-refractivity contribution in [3.63, 3.8) is 0 Å². The van der Waals surface area contributed by atoms with E-state index in [1.54, 1.807) is 18.2 Å². The largest absolute Gasteiger partial charge is 0.428 e. The lowest BCUT2D eigenvalue weighted by atomic mass is 10.1. The minimum absolute atomic E-state index is 0.0696. The van der Waals surface area contributed by atoms with Gasteiger partial charge in [0.1, 0.15) is 5.52 Å². The molecule has 0 aliphatic carbocycles. The molecule has 0 radical (unpaired) electrons. The molecule has 1 heterocycles. The summed E-state index contributed by atoms with van der Waals surface area (Å²) < 4.78 is 5.18. The summed E-state index contributed by atoms with van der Waals surface area (Å²) in [6.07, 6.45) is 0. The van der Waals surface area contributed by atoms with Crippen LogP contribution in [0.3, 0.4) is 0 Å². The van der Waals surface area contributed by atoms with Crippen LogP contribution in [0.1, 0.15) is 28.9 Å². The maximum atomic E-state index is 12.3. The van der Waals surface area contributed by atoms with Gasteiger partial charge in [-0.25, -0.2) is 0 Å². The van der Waals surface area contributed by atoms with Crippen molar-refractivity contribution >= 4 is 28.6 Å². The SMILES string of the molecule is C[C@H](NC(=O)c1ccc2oc(Cl)nc2c1)c1ccccc1. The molecule has 21 heavy (non-hydrogen) atoms.